The zero-order valence-corrected chi connectivity index (χ0v) is 23.5. The summed E-state index contributed by atoms with van der Waals surface area (Å²) in [5, 5.41) is 6.03. The minimum absolute atomic E-state index is 0.122. The van der Waals surface area contributed by atoms with Crippen LogP contribution in [0.1, 0.15) is 97.5 Å². The van der Waals surface area contributed by atoms with E-state index in [0.717, 1.165) is 24.2 Å². The number of benzene rings is 1. The van der Waals surface area contributed by atoms with Gasteiger partial charge in [0.1, 0.15) is 0 Å². The van der Waals surface area contributed by atoms with Gasteiger partial charge in [-0.3, -0.25) is 0 Å². The predicted molar refractivity (Wildman–Crippen MR) is 139 cm³/mol. The molecule has 0 unspecified atom stereocenters. The Bertz CT molecular complexity index is 656. The number of unbranched alkanes of at least 4 members (excludes halogenated alkanes) is 6. The van der Waals surface area contributed by atoms with E-state index in [0.29, 0.717) is 0 Å². The van der Waals surface area contributed by atoms with Crippen LogP contribution in [-0.2, 0) is 0 Å². The molecule has 1 aromatic carbocycles. The third-order valence-electron chi connectivity index (χ3n) is 5.98. The van der Waals surface area contributed by atoms with Gasteiger partial charge in [0, 0.05) is 0 Å². The Balaban J connectivity index is 2.94. The van der Waals surface area contributed by atoms with E-state index in [9.17, 15) is 4.79 Å². The van der Waals surface area contributed by atoms with E-state index in [4.69, 9.17) is 0 Å². The van der Waals surface area contributed by atoms with Crippen LogP contribution in [0.15, 0.2) is 24.3 Å². The maximum atomic E-state index is 12.4. The summed E-state index contributed by atoms with van der Waals surface area (Å²) in [6.45, 7) is 9.81. The summed E-state index contributed by atoms with van der Waals surface area (Å²) in [6.07, 6.45) is 12.4. The standard InChI is InChI=1S/C15H19N2O.3C4H9.Sn/c1-3-5-6-9-12-16-15(18)17-14-11-8-7-10-13(14)4-2;3*1-3-4-2;/h7-8,10-11H,3,5-6,9,12H2,1H3,(H2,16,17,18);3*1,3-4H2,2H3;. The van der Waals surface area contributed by atoms with Gasteiger partial charge < -0.3 is 0 Å². The van der Waals surface area contributed by atoms with E-state index < -0.39 is 18.4 Å². The van der Waals surface area contributed by atoms with Crippen LogP contribution in [0.25, 0.3) is 0 Å². The van der Waals surface area contributed by atoms with Crippen molar-refractivity contribution >= 4 is 30.1 Å². The first-order chi connectivity index (χ1) is 15.1. The quantitative estimate of drug-likeness (QED) is 0.133. The SMILES string of the molecule is CCCCCCNC(=O)Nc1ccccc1C#[C][Sn]([CH2]CCC)([CH2]CCC)[CH2]CCC. The summed E-state index contributed by atoms with van der Waals surface area (Å²) in [6, 6.07) is 7.91. The van der Waals surface area contributed by atoms with Crippen molar-refractivity contribution in [3.63, 3.8) is 0 Å². The number of anilines is 1. The molecule has 0 aliphatic heterocycles. The van der Waals surface area contributed by atoms with E-state index >= 15 is 0 Å². The summed E-state index contributed by atoms with van der Waals surface area (Å²) in [5.41, 5.74) is 1.80. The van der Waals surface area contributed by atoms with Crippen molar-refractivity contribution in [2.45, 2.75) is 105 Å². The van der Waals surface area contributed by atoms with Gasteiger partial charge in [0.15, 0.2) is 0 Å². The van der Waals surface area contributed by atoms with E-state index in [-0.39, 0.29) is 6.03 Å². The Morgan fingerprint density at radius 2 is 1.39 bits per heavy atom. The molecule has 1 rings (SSSR count). The van der Waals surface area contributed by atoms with Crippen molar-refractivity contribution in [3.05, 3.63) is 29.8 Å². The van der Waals surface area contributed by atoms with Crippen molar-refractivity contribution < 1.29 is 4.79 Å². The average molecular weight is 533 g/mol. The van der Waals surface area contributed by atoms with Gasteiger partial charge in [0.25, 0.3) is 0 Å². The molecule has 0 radical (unpaired) electrons. The van der Waals surface area contributed by atoms with Crippen molar-refractivity contribution in [2.24, 2.45) is 0 Å². The Labute approximate surface area is 196 Å². The molecular formula is C27H46N2OSn. The van der Waals surface area contributed by atoms with Crippen LogP contribution in [0.4, 0.5) is 10.5 Å². The first kappa shape index (κ1) is 27.9. The fraction of sp³-hybridized carbons (Fsp3) is 0.667. The summed E-state index contributed by atoms with van der Waals surface area (Å²) in [4.78, 5) is 12.4. The average Bonchev–Trinajstić information content (AvgIpc) is 2.79. The molecule has 4 heteroatoms. The molecule has 0 aliphatic rings. The fourth-order valence-electron chi connectivity index (χ4n) is 3.93. The van der Waals surface area contributed by atoms with Crippen molar-refractivity contribution in [3.8, 4) is 9.86 Å². The predicted octanol–water partition coefficient (Wildman–Crippen LogP) is 8.13. The monoisotopic (exact) mass is 534 g/mol. The number of carbonyl (C=O) groups is 1. The number of carbonyl (C=O) groups excluding carboxylic acids is 1. The molecule has 31 heavy (non-hydrogen) atoms. The van der Waals surface area contributed by atoms with Crippen LogP contribution in [0.2, 0.25) is 13.3 Å². The van der Waals surface area contributed by atoms with E-state index in [1.54, 1.807) is 0 Å². The molecule has 0 bridgehead atoms. The van der Waals surface area contributed by atoms with Crippen molar-refractivity contribution in [1.82, 2.24) is 5.32 Å². The number of rotatable bonds is 15. The summed E-state index contributed by atoms with van der Waals surface area (Å²) in [5.74, 6) is 3.57. The van der Waals surface area contributed by atoms with Gasteiger partial charge in [-0.1, -0.05) is 6.92 Å². The van der Waals surface area contributed by atoms with Gasteiger partial charge in [0.2, 0.25) is 0 Å². The Morgan fingerprint density at radius 3 is 1.97 bits per heavy atom. The number of hydrogen-bond acceptors (Lipinski definition) is 1. The van der Waals surface area contributed by atoms with Gasteiger partial charge in [-0.05, 0) is 0 Å². The molecule has 0 saturated heterocycles. The molecular weight excluding hydrogens is 487 g/mol. The minimum atomic E-state index is -2.51. The molecule has 0 aromatic heterocycles. The van der Waals surface area contributed by atoms with Gasteiger partial charge in [0.05, 0.1) is 0 Å². The van der Waals surface area contributed by atoms with Crippen LogP contribution >= 0.6 is 0 Å². The molecule has 0 aliphatic carbocycles. The second kappa shape index (κ2) is 17.4. The molecule has 3 nitrogen and oxygen atoms in total. The number of nitrogens with one attached hydrogen (secondary N) is 2. The van der Waals surface area contributed by atoms with Crippen molar-refractivity contribution in [1.29, 1.82) is 0 Å². The normalized spacial score (nSPS) is 11.0. The van der Waals surface area contributed by atoms with Crippen LogP contribution < -0.4 is 10.6 Å². The summed E-state index contributed by atoms with van der Waals surface area (Å²) >= 11 is -2.51. The number of para-hydroxylation sites is 1. The van der Waals surface area contributed by atoms with E-state index in [1.807, 2.05) is 18.2 Å². The third kappa shape index (κ3) is 11.9. The summed E-state index contributed by atoms with van der Waals surface area (Å²) in [7, 11) is 0. The summed E-state index contributed by atoms with van der Waals surface area (Å²) < 4.78 is 8.07. The van der Waals surface area contributed by atoms with Gasteiger partial charge in [-0.15, -0.1) is 0 Å². The first-order valence-electron chi connectivity index (χ1n) is 12.8. The molecule has 2 amide bonds. The zero-order valence-electron chi connectivity index (χ0n) is 20.6. The Kier molecular flexibility index (Phi) is 15.7. The topological polar surface area (TPSA) is 41.1 Å². The number of amides is 2. The molecule has 1 aromatic rings. The maximum absolute atomic E-state index is 12.4. The number of hydrogen-bond donors (Lipinski definition) is 2. The number of urea groups is 1. The van der Waals surface area contributed by atoms with Gasteiger partial charge in [-0.2, -0.15) is 0 Å². The van der Waals surface area contributed by atoms with Crippen molar-refractivity contribution in [2.75, 3.05) is 11.9 Å². The van der Waals surface area contributed by atoms with Gasteiger partial charge >= 0.3 is 190 Å². The Hall–Kier alpha value is -1.15. The third-order valence-corrected chi connectivity index (χ3v) is 19.1. The molecule has 0 saturated carbocycles. The second-order valence-electron chi connectivity index (χ2n) is 8.83. The van der Waals surface area contributed by atoms with Crippen LogP contribution in [0.3, 0.4) is 0 Å². The molecule has 0 atom stereocenters. The Morgan fingerprint density at radius 1 is 0.806 bits per heavy atom. The molecule has 0 fully saturated rings. The van der Waals surface area contributed by atoms with Crippen LogP contribution in [-0.4, -0.2) is 31.0 Å². The van der Waals surface area contributed by atoms with E-state index in [1.165, 1.54) is 71.1 Å². The zero-order chi connectivity index (χ0) is 22.8. The molecule has 174 valence electrons. The van der Waals surface area contributed by atoms with Crippen LogP contribution in [0, 0.1) is 9.86 Å². The first-order valence-corrected chi connectivity index (χ1v) is 20.3. The molecule has 2 N–H and O–H groups in total. The fourth-order valence-corrected chi connectivity index (χ4v) is 17.1. The van der Waals surface area contributed by atoms with Gasteiger partial charge in [-0.25, -0.2) is 0 Å². The van der Waals surface area contributed by atoms with Crippen LogP contribution in [0.5, 0.6) is 0 Å². The van der Waals surface area contributed by atoms with E-state index in [2.05, 4.69) is 54.3 Å². The molecule has 0 spiro atoms. The second-order valence-corrected chi connectivity index (χ2v) is 21.1. The molecule has 0 heterocycles.